The minimum atomic E-state index is -1.08. The summed E-state index contributed by atoms with van der Waals surface area (Å²) in [6.07, 6.45) is 3.86. The van der Waals surface area contributed by atoms with Crippen molar-refractivity contribution in [2.75, 3.05) is 12.9 Å². The number of rotatable bonds is 16. The van der Waals surface area contributed by atoms with Crippen LogP contribution in [-0.4, -0.2) is 53.6 Å². The molecule has 0 bridgehead atoms. The van der Waals surface area contributed by atoms with Crippen LogP contribution < -0.4 is 5.73 Å². The number of ketones is 4. The van der Waals surface area contributed by atoms with Crippen LogP contribution in [0.4, 0.5) is 0 Å². The molecule has 1 unspecified atom stereocenters. The summed E-state index contributed by atoms with van der Waals surface area (Å²) in [5.74, 6) is -0.923. The lowest BCUT2D eigenvalue weighted by molar-refractivity contribution is -0.148. The highest BCUT2D eigenvalue weighted by molar-refractivity contribution is 8.77. The Morgan fingerprint density at radius 1 is 1.03 bits per heavy atom. The van der Waals surface area contributed by atoms with Gasteiger partial charge in [-0.15, -0.1) is 0 Å². The first-order valence-electron chi connectivity index (χ1n) is 11.3. The lowest BCUT2D eigenvalue weighted by atomic mass is 10.0. The van der Waals surface area contributed by atoms with Crippen molar-refractivity contribution in [2.45, 2.75) is 64.0 Å². The molecule has 0 radical (unpaired) electrons. The number of hydrogen-bond donors (Lipinski definition) is 1. The summed E-state index contributed by atoms with van der Waals surface area (Å²) >= 11 is 0. The lowest BCUT2D eigenvalue weighted by Crippen LogP contribution is -2.28. The molecule has 34 heavy (non-hydrogen) atoms. The number of hydrogen-bond acceptors (Lipinski definition) is 9. The number of primary amides is 1. The van der Waals surface area contributed by atoms with Crippen molar-refractivity contribution in [1.29, 1.82) is 0 Å². The maximum absolute atomic E-state index is 12.1. The van der Waals surface area contributed by atoms with Gasteiger partial charge in [0.25, 0.3) is 0 Å². The van der Waals surface area contributed by atoms with Crippen LogP contribution in [0.2, 0.25) is 0 Å². The average Bonchev–Trinajstić information content (AvgIpc) is 2.79. The maximum atomic E-state index is 12.1. The van der Waals surface area contributed by atoms with Crippen molar-refractivity contribution in [3.05, 3.63) is 35.4 Å². The summed E-state index contributed by atoms with van der Waals surface area (Å²) in [5.41, 5.74) is 5.93. The van der Waals surface area contributed by atoms with E-state index in [1.54, 1.807) is 6.26 Å². The first kappa shape index (κ1) is 29.6. The highest BCUT2D eigenvalue weighted by Crippen LogP contribution is 2.25. The monoisotopic (exact) mass is 513 g/mol. The van der Waals surface area contributed by atoms with Crippen LogP contribution in [0, 0.1) is 0 Å². The Labute approximate surface area is 209 Å². The number of carbonyl (C=O) groups excluding carboxylic acids is 6. The van der Waals surface area contributed by atoms with Crippen LogP contribution in [0.25, 0.3) is 0 Å². The average molecular weight is 514 g/mol. The van der Waals surface area contributed by atoms with E-state index in [1.807, 2.05) is 31.2 Å². The van der Waals surface area contributed by atoms with Gasteiger partial charge in [-0.1, -0.05) is 52.8 Å². The molecule has 0 aliphatic carbocycles. The van der Waals surface area contributed by atoms with Gasteiger partial charge in [0.15, 0.2) is 16.8 Å². The SMILES string of the molecule is CCC(=O)CCCC(=O)CCc1ccc(CC(=O)COC(=O)C(SSC)C(C)=O)cc1.[3H]C(N)=O. The van der Waals surface area contributed by atoms with Gasteiger partial charge in [-0.3, -0.25) is 28.8 Å². The first-order chi connectivity index (χ1) is 16.5. The van der Waals surface area contributed by atoms with Gasteiger partial charge in [-0.05, 0) is 37.1 Å². The molecule has 188 valence electrons. The zero-order valence-electron chi connectivity index (χ0n) is 20.8. The number of benzene rings is 1. The molecule has 0 heterocycles. The molecule has 1 aromatic rings. The van der Waals surface area contributed by atoms with Gasteiger partial charge in [-0.2, -0.15) is 0 Å². The number of ether oxygens (including phenoxy) is 1. The molecule has 8 nitrogen and oxygen atoms in total. The standard InChI is InChI=1S/C23H30O6S2.CH3NO/c1-4-19(25)6-5-7-20(26)13-12-17-8-10-18(11-9-17)14-21(27)15-29-23(28)22(16(2)24)31-30-3;2-1-3/h8-11,22H,4-7,12-15H2,1-3H3;1H,(H2,2,3)/i;1T. The Morgan fingerprint density at radius 2 is 1.59 bits per heavy atom. The Hall–Kier alpha value is -2.46. The van der Waals surface area contributed by atoms with Crippen molar-refractivity contribution in [3.8, 4) is 0 Å². The van der Waals surface area contributed by atoms with Gasteiger partial charge in [0.2, 0.25) is 6.39 Å². The van der Waals surface area contributed by atoms with Gasteiger partial charge in [0.05, 0.1) is 0 Å². The van der Waals surface area contributed by atoms with Crippen LogP contribution in [0.3, 0.4) is 0 Å². The van der Waals surface area contributed by atoms with Crippen molar-refractivity contribution >= 4 is 57.1 Å². The van der Waals surface area contributed by atoms with Crippen molar-refractivity contribution in [3.63, 3.8) is 0 Å². The summed E-state index contributed by atoms with van der Waals surface area (Å²) in [6, 6.07) is 7.40. The quantitative estimate of drug-likeness (QED) is 0.153. The predicted molar refractivity (Wildman–Crippen MR) is 134 cm³/mol. The van der Waals surface area contributed by atoms with Crippen molar-refractivity contribution in [1.82, 2.24) is 0 Å². The molecule has 1 rings (SSSR count). The van der Waals surface area contributed by atoms with Crippen molar-refractivity contribution < 1.29 is 34.9 Å². The van der Waals surface area contributed by atoms with E-state index in [9.17, 15) is 24.0 Å². The first-order valence-corrected chi connectivity index (χ1v) is 13.4. The number of aryl methyl sites for hydroxylation is 1. The normalized spacial score (nSPS) is 11.3. The molecule has 0 saturated heterocycles. The topological polar surface area (TPSA) is 138 Å². The van der Waals surface area contributed by atoms with Crippen LogP contribution in [0.5, 0.6) is 0 Å². The third kappa shape index (κ3) is 14.6. The Morgan fingerprint density at radius 3 is 2.12 bits per heavy atom. The summed E-state index contributed by atoms with van der Waals surface area (Å²) in [4.78, 5) is 67.6. The Kier molecular flexibility index (Phi) is 16.4. The molecular formula is C24H33NO7S2. The van der Waals surface area contributed by atoms with Gasteiger partial charge in [0, 0.05) is 32.1 Å². The van der Waals surface area contributed by atoms with Gasteiger partial charge < -0.3 is 10.5 Å². The van der Waals surface area contributed by atoms with E-state index in [2.05, 4.69) is 5.73 Å². The number of Topliss-reactive ketones (excluding diaryl/α,β-unsaturated/α-hetero) is 4. The van der Waals surface area contributed by atoms with Crippen LogP contribution >= 0.6 is 21.6 Å². The lowest BCUT2D eigenvalue weighted by Gasteiger charge is -2.11. The van der Waals surface area contributed by atoms with Gasteiger partial charge >= 0.3 is 5.97 Å². The fourth-order valence-electron chi connectivity index (χ4n) is 2.77. The van der Waals surface area contributed by atoms with E-state index in [-0.39, 0.29) is 36.2 Å². The molecule has 0 aliphatic heterocycles. The molecule has 0 saturated carbocycles. The van der Waals surface area contributed by atoms with Crippen LogP contribution in [-0.2, 0) is 46.3 Å². The minimum Gasteiger partial charge on any atom is -0.456 e. The number of nitrogens with two attached hydrogens (primary N) is 1. The second-order valence-electron chi connectivity index (χ2n) is 7.30. The van der Waals surface area contributed by atoms with E-state index in [0.29, 0.717) is 38.5 Å². The number of amides is 1. The minimum absolute atomic E-state index is 0.123. The molecule has 2 N–H and O–H groups in total. The molecule has 10 heteroatoms. The van der Waals surface area contributed by atoms with Crippen LogP contribution in [0.15, 0.2) is 24.3 Å². The zero-order valence-corrected chi connectivity index (χ0v) is 21.4. The van der Waals surface area contributed by atoms with E-state index < -0.39 is 17.6 Å². The maximum Gasteiger partial charge on any atom is 0.328 e. The molecule has 0 fully saturated rings. The summed E-state index contributed by atoms with van der Waals surface area (Å²) in [6.45, 7) is 2.78. The highest BCUT2D eigenvalue weighted by Gasteiger charge is 2.26. The summed E-state index contributed by atoms with van der Waals surface area (Å²) < 4.78 is 10.7. The Bertz CT molecular complexity index is 871. The molecule has 0 spiro atoms. The molecule has 1 atom stereocenters. The van der Waals surface area contributed by atoms with E-state index >= 15 is 0 Å². The molecular weight excluding hydrogens is 478 g/mol. The molecule has 0 aromatic heterocycles. The Balaban J connectivity index is 0.00000267. The molecule has 0 aliphatic rings. The molecule has 1 amide bonds. The smallest absolute Gasteiger partial charge is 0.328 e. The molecule has 1 aromatic carbocycles. The third-order valence-corrected chi connectivity index (χ3v) is 6.64. The van der Waals surface area contributed by atoms with E-state index in [1.165, 1.54) is 17.7 Å². The van der Waals surface area contributed by atoms with Crippen molar-refractivity contribution in [2.24, 2.45) is 5.73 Å². The fraction of sp³-hybridized carbons (Fsp3) is 0.500. The highest BCUT2D eigenvalue weighted by atomic mass is 33.1. The van der Waals surface area contributed by atoms with E-state index in [4.69, 9.17) is 10.9 Å². The van der Waals surface area contributed by atoms with E-state index in [0.717, 1.165) is 21.9 Å². The zero-order chi connectivity index (χ0) is 26.8. The van der Waals surface area contributed by atoms with Gasteiger partial charge in [0.1, 0.15) is 19.5 Å². The second-order valence-corrected chi connectivity index (χ2v) is 9.87. The number of carbonyl (C=O) groups is 6. The second kappa shape index (κ2) is 18.9. The van der Waals surface area contributed by atoms with Crippen LogP contribution in [0.1, 0.15) is 58.4 Å². The fourth-order valence-corrected chi connectivity index (χ4v) is 4.46. The third-order valence-electron chi connectivity index (χ3n) is 4.57. The summed E-state index contributed by atoms with van der Waals surface area (Å²) in [5, 5.41) is -0.920. The summed E-state index contributed by atoms with van der Waals surface area (Å²) in [7, 11) is 2.40. The van der Waals surface area contributed by atoms with Gasteiger partial charge in [-0.25, -0.2) is 0 Å². The number of esters is 1. The predicted octanol–water partition coefficient (Wildman–Crippen LogP) is 3.06. The largest absolute Gasteiger partial charge is 0.456 e.